The third-order valence-corrected chi connectivity index (χ3v) is 5.06. The third kappa shape index (κ3) is 5.88. The molecule has 0 saturated heterocycles. The number of carbonyl (C=O) groups is 1. The minimum atomic E-state index is -3.52. The molecule has 2 rings (SSSR count). The van der Waals surface area contributed by atoms with Crippen LogP contribution in [0.25, 0.3) is 11.1 Å². The van der Waals surface area contributed by atoms with Gasteiger partial charge in [0.2, 0.25) is 5.91 Å². The number of rotatable bonds is 8. The van der Waals surface area contributed by atoms with Crippen LogP contribution in [0, 0.1) is 0 Å². The molecule has 0 spiro atoms. The number of hydrogen-bond donors (Lipinski definition) is 2. The third-order valence-electron chi connectivity index (χ3n) is 3.58. The first-order chi connectivity index (χ1) is 11.9. The van der Waals surface area contributed by atoms with Crippen LogP contribution in [0.5, 0.6) is 5.75 Å². The van der Waals surface area contributed by atoms with E-state index in [1.165, 1.54) is 0 Å². The van der Waals surface area contributed by atoms with Gasteiger partial charge in [0.25, 0.3) is 0 Å². The van der Waals surface area contributed by atoms with E-state index in [1.807, 2.05) is 36.4 Å². The molecule has 0 aliphatic carbocycles. The lowest BCUT2D eigenvalue weighted by Gasteiger charge is -2.07. The number of benzene rings is 2. The predicted molar refractivity (Wildman–Crippen MR) is 98.0 cm³/mol. The van der Waals surface area contributed by atoms with Crippen LogP contribution < -0.4 is 15.8 Å². The van der Waals surface area contributed by atoms with Crippen LogP contribution in [-0.4, -0.2) is 40.3 Å². The van der Waals surface area contributed by atoms with E-state index in [0.29, 0.717) is 5.56 Å². The second kappa shape index (κ2) is 8.64. The fraction of sp³-hybridized carbons (Fsp3) is 0.278. The molecule has 2 aromatic carbocycles. The standard InChI is InChI=1S/C18H22N2O4S/c1-24-17-8-6-16(7-9-17)15-4-2-14(3-5-15)12-25(22,23)13-18(21)20-11-10-19/h2-9H,10-13,19H2,1H3,(H,20,21). The van der Waals surface area contributed by atoms with Gasteiger partial charge in [-0.15, -0.1) is 0 Å². The Morgan fingerprint density at radius 3 is 2.12 bits per heavy atom. The smallest absolute Gasteiger partial charge is 0.235 e. The van der Waals surface area contributed by atoms with Gasteiger partial charge in [0.05, 0.1) is 12.9 Å². The van der Waals surface area contributed by atoms with Gasteiger partial charge in [-0.2, -0.15) is 0 Å². The summed E-state index contributed by atoms with van der Waals surface area (Å²) in [6.07, 6.45) is 0. The van der Waals surface area contributed by atoms with E-state index in [0.717, 1.165) is 16.9 Å². The van der Waals surface area contributed by atoms with Crippen LogP contribution >= 0.6 is 0 Å². The molecule has 0 fully saturated rings. The first-order valence-electron chi connectivity index (χ1n) is 7.84. The van der Waals surface area contributed by atoms with Crippen LogP contribution in [0.4, 0.5) is 0 Å². The van der Waals surface area contributed by atoms with E-state index in [9.17, 15) is 13.2 Å². The summed E-state index contributed by atoms with van der Waals surface area (Å²) in [4.78, 5) is 11.5. The zero-order valence-corrected chi connectivity index (χ0v) is 14.9. The topological polar surface area (TPSA) is 98.5 Å². The highest BCUT2D eigenvalue weighted by Gasteiger charge is 2.17. The van der Waals surface area contributed by atoms with Gasteiger partial charge >= 0.3 is 0 Å². The number of ether oxygens (including phenoxy) is 1. The normalized spacial score (nSPS) is 11.1. The Labute approximate surface area is 147 Å². The molecule has 0 unspecified atom stereocenters. The molecule has 0 bridgehead atoms. The molecular weight excluding hydrogens is 340 g/mol. The number of nitrogens with one attached hydrogen (secondary N) is 1. The molecule has 2 aromatic rings. The van der Waals surface area contributed by atoms with Crippen molar-refractivity contribution >= 4 is 15.7 Å². The first kappa shape index (κ1) is 19.0. The number of amides is 1. The van der Waals surface area contributed by atoms with E-state index < -0.39 is 21.5 Å². The van der Waals surface area contributed by atoms with E-state index >= 15 is 0 Å². The Kier molecular flexibility index (Phi) is 6.55. The molecule has 0 aromatic heterocycles. The second-order valence-electron chi connectivity index (χ2n) is 5.60. The Morgan fingerprint density at radius 2 is 1.60 bits per heavy atom. The lowest BCUT2D eigenvalue weighted by atomic mass is 10.0. The van der Waals surface area contributed by atoms with E-state index in [2.05, 4.69) is 5.32 Å². The fourth-order valence-corrected chi connectivity index (χ4v) is 3.65. The molecule has 0 aliphatic rings. The van der Waals surface area contributed by atoms with Crippen LogP contribution in [0.15, 0.2) is 48.5 Å². The van der Waals surface area contributed by atoms with E-state index in [4.69, 9.17) is 10.5 Å². The maximum Gasteiger partial charge on any atom is 0.235 e. The average molecular weight is 362 g/mol. The molecule has 7 heteroatoms. The number of carbonyl (C=O) groups excluding carboxylic acids is 1. The molecule has 3 N–H and O–H groups in total. The summed E-state index contributed by atoms with van der Waals surface area (Å²) >= 11 is 0. The van der Waals surface area contributed by atoms with Crippen molar-refractivity contribution in [1.82, 2.24) is 5.32 Å². The summed E-state index contributed by atoms with van der Waals surface area (Å²) in [5.41, 5.74) is 7.90. The number of sulfone groups is 1. The highest BCUT2D eigenvalue weighted by Crippen LogP contribution is 2.23. The molecule has 0 saturated carbocycles. The summed E-state index contributed by atoms with van der Waals surface area (Å²) in [5, 5.41) is 2.46. The van der Waals surface area contributed by atoms with Crippen molar-refractivity contribution in [1.29, 1.82) is 0 Å². The monoisotopic (exact) mass is 362 g/mol. The lowest BCUT2D eigenvalue weighted by Crippen LogP contribution is -2.34. The molecule has 0 heterocycles. The molecule has 0 atom stereocenters. The number of nitrogens with two attached hydrogens (primary N) is 1. The van der Waals surface area contributed by atoms with Gasteiger partial charge < -0.3 is 15.8 Å². The largest absolute Gasteiger partial charge is 0.497 e. The molecule has 134 valence electrons. The molecule has 0 aliphatic heterocycles. The number of hydrogen-bond acceptors (Lipinski definition) is 5. The van der Waals surface area contributed by atoms with Crippen molar-refractivity contribution in [2.24, 2.45) is 5.73 Å². The van der Waals surface area contributed by atoms with Crippen LogP contribution in [0.3, 0.4) is 0 Å². The van der Waals surface area contributed by atoms with Crippen molar-refractivity contribution in [3.8, 4) is 16.9 Å². The lowest BCUT2D eigenvalue weighted by molar-refractivity contribution is -0.118. The highest BCUT2D eigenvalue weighted by atomic mass is 32.2. The summed E-state index contributed by atoms with van der Waals surface area (Å²) in [6, 6.07) is 14.9. The van der Waals surface area contributed by atoms with Crippen molar-refractivity contribution in [2.75, 3.05) is 26.0 Å². The Hall–Kier alpha value is -2.38. The van der Waals surface area contributed by atoms with Crippen LogP contribution in [-0.2, 0) is 20.4 Å². The summed E-state index contributed by atoms with van der Waals surface area (Å²) in [5.74, 6) is -0.459. The Balaban J connectivity index is 2.02. The molecule has 25 heavy (non-hydrogen) atoms. The van der Waals surface area contributed by atoms with Gasteiger partial charge in [0.1, 0.15) is 11.5 Å². The van der Waals surface area contributed by atoms with Crippen molar-refractivity contribution in [2.45, 2.75) is 5.75 Å². The first-order valence-corrected chi connectivity index (χ1v) is 9.66. The van der Waals surface area contributed by atoms with Gasteiger partial charge in [-0.25, -0.2) is 8.42 Å². The van der Waals surface area contributed by atoms with Crippen molar-refractivity contribution in [3.63, 3.8) is 0 Å². The molecule has 1 amide bonds. The minimum Gasteiger partial charge on any atom is -0.497 e. The van der Waals surface area contributed by atoms with Gasteiger partial charge in [0.15, 0.2) is 9.84 Å². The van der Waals surface area contributed by atoms with Gasteiger partial charge in [-0.05, 0) is 28.8 Å². The van der Waals surface area contributed by atoms with Crippen LogP contribution in [0.2, 0.25) is 0 Å². The van der Waals surface area contributed by atoms with Crippen LogP contribution in [0.1, 0.15) is 5.56 Å². The second-order valence-corrected chi connectivity index (χ2v) is 7.66. The van der Waals surface area contributed by atoms with Gasteiger partial charge in [0, 0.05) is 13.1 Å². The average Bonchev–Trinajstić information content (AvgIpc) is 2.60. The van der Waals surface area contributed by atoms with E-state index in [1.54, 1.807) is 19.2 Å². The SMILES string of the molecule is COc1ccc(-c2ccc(CS(=O)(=O)CC(=O)NCCN)cc2)cc1. The van der Waals surface area contributed by atoms with Crippen molar-refractivity contribution in [3.05, 3.63) is 54.1 Å². The quantitative estimate of drug-likeness (QED) is 0.739. The maximum absolute atomic E-state index is 12.1. The highest BCUT2D eigenvalue weighted by molar-refractivity contribution is 7.91. The predicted octanol–water partition coefficient (Wildman–Crippen LogP) is 1.35. The molecule has 0 radical (unpaired) electrons. The van der Waals surface area contributed by atoms with E-state index in [-0.39, 0.29) is 18.8 Å². The molecule has 6 nitrogen and oxygen atoms in total. The van der Waals surface area contributed by atoms with Gasteiger partial charge in [-0.1, -0.05) is 36.4 Å². The number of methoxy groups -OCH3 is 1. The summed E-state index contributed by atoms with van der Waals surface area (Å²) < 4.78 is 29.3. The van der Waals surface area contributed by atoms with Gasteiger partial charge in [-0.3, -0.25) is 4.79 Å². The zero-order chi connectivity index (χ0) is 18.3. The Morgan fingerprint density at radius 1 is 1.04 bits per heavy atom. The minimum absolute atomic E-state index is 0.175. The van der Waals surface area contributed by atoms with Crippen molar-refractivity contribution < 1.29 is 17.9 Å². The molecular formula is C18H22N2O4S. The fourth-order valence-electron chi connectivity index (χ4n) is 2.34. The summed E-state index contributed by atoms with van der Waals surface area (Å²) in [7, 11) is -1.91. The summed E-state index contributed by atoms with van der Waals surface area (Å²) in [6.45, 7) is 0.545. The maximum atomic E-state index is 12.1. The zero-order valence-electron chi connectivity index (χ0n) is 14.1. The Bertz CT molecular complexity index is 800.